The van der Waals surface area contributed by atoms with Crippen LogP contribution in [0.1, 0.15) is 24.0 Å². The SMILES string of the molecule is COCC1(c2ccccc2CNO)CC1. The maximum atomic E-state index is 8.78. The molecule has 2 N–H and O–H groups in total. The fourth-order valence-corrected chi connectivity index (χ4v) is 2.20. The highest BCUT2D eigenvalue weighted by Crippen LogP contribution is 2.49. The van der Waals surface area contributed by atoms with Gasteiger partial charge in [0.25, 0.3) is 0 Å². The van der Waals surface area contributed by atoms with Crippen molar-refractivity contribution in [2.75, 3.05) is 13.7 Å². The van der Waals surface area contributed by atoms with Gasteiger partial charge >= 0.3 is 0 Å². The largest absolute Gasteiger partial charge is 0.384 e. The zero-order valence-electron chi connectivity index (χ0n) is 8.99. The number of hydrogen-bond acceptors (Lipinski definition) is 3. The smallest absolute Gasteiger partial charge is 0.0559 e. The molecule has 0 unspecified atom stereocenters. The third kappa shape index (κ3) is 2.04. The van der Waals surface area contributed by atoms with Gasteiger partial charge in [-0.15, -0.1) is 0 Å². The predicted molar refractivity (Wildman–Crippen MR) is 57.9 cm³/mol. The molecule has 1 fully saturated rings. The number of hydroxylamine groups is 1. The maximum absolute atomic E-state index is 8.78. The second-order valence-electron chi connectivity index (χ2n) is 4.21. The molecule has 1 aromatic carbocycles. The minimum absolute atomic E-state index is 0.211. The van der Waals surface area contributed by atoms with Crippen molar-refractivity contribution < 1.29 is 9.94 Å². The minimum atomic E-state index is 0.211. The quantitative estimate of drug-likeness (QED) is 0.724. The van der Waals surface area contributed by atoms with Crippen molar-refractivity contribution in [3.05, 3.63) is 35.4 Å². The van der Waals surface area contributed by atoms with Gasteiger partial charge in [0.05, 0.1) is 6.61 Å². The van der Waals surface area contributed by atoms with E-state index < -0.39 is 0 Å². The number of hydrogen-bond donors (Lipinski definition) is 2. The Morgan fingerprint density at radius 3 is 2.73 bits per heavy atom. The van der Waals surface area contributed by atoms with Gasteiger partial charge in [-0.25, -0.2) is 5.48 Å². The van der Waals surface area contributed by atoms with Crippen LogP contribution in [0.3, 0.4) is 0 Å². The predicted octanol–water partition coefficient (Wildman–Crippen LogP) is 1.84. The Bertz CT molecular complexity index is 334. The number of benzene rings is 1. The molecule has 0 atom stereocenters. The van der Waals surface area contributed by atoms with Crippen molar-refractivity contribution in [2.24, 2.45) is 0 Å². The number of ether oxygens (including phenoxy) is 1. The molecule has 3 nitrogen and oxygen atoms in total. The Labute approximate surface area is 90.0 Å². The van der Waals surface area contributed by atoms with E-state index in [0.717, 1.165) is 12.2 Å². The summed E-state index contributed by atoms with van der Waals surface area (Å²) in [6.07, 6.45) is 2.37. The van der Waals surface area contributed by atoms with E-state index in [2.05, 4.69) is 11.5 Å². The van der Waals surface area contributed by atoms with Crippen LogP contribution in [0.4, 0.5) is 0 Å². The molecule has 0 aromatic heterocycles. The van der Waals surface area contributed by atoms with Gasteiger partial charge in [-0.2, -0.15) is 0 Å². The van der Waals surface area contributed by atoms with Crippen molar-refractivity contribution >= 4 is 0 Å². The first-order valence-electron chi connectivity index (χ1n) is 5.27. The Hall–Kier alpha value is -0.900. The van der Waals surface area contributed by atoms with E-state index in [1.807, 2.05) is 18.2 Å². The molecule has 0 amide bonds. The average Bonchev–Trinajstić information content (AvgIpc) is 3.01. The Morgan fingerprint density at radius 1 is 1.40 bits per heavy atom. The lowest BCUT2D eigenvalue weighted by Gasteiger charge is -2.18. The first-order chi connectivity index (χ1) is 7.32. The molecule has 82 valence electrons. The standard InChI is InChI=1S/C12H17NO2/c1-15-9-12(6-7-12)11-5-3-2-4-10(11)8-13-14/h2-5,13-14H,6-9H2,1H3. The summed E-state index contributed by atoms with van der Waals surface area (Å²) in [6.45, 7) is 1.27. The van der Waals surface area contributed by atoms with E-state index in [-0.39, 0.29) is 5.41 Å². The van der Waals surface area contributed by atoms with Crippen LogP contribution in [-0.4, -0.2) is 18.9 Å². The van der Waals surface area contributed by atoms with Gasteiger partial charge < -0.3 is 9.94 Å². The lowest BCUT2D eigenvalue weighted by molar-refractivity contribution is 0.157. The molecular formula is C12H17NO2. The maximum Gasteiger partial charge on any atom is 0.0559 e. The van der Waals surface area contributed by atoms with Crippen LogP contribution in [0.25, 0.3) is 0 Å². The van der Waals surface area contributed by atoms with E-state index in [1.165, 1.54) is 18.4 Å². The Kier molecular flexibility index (Phi) is 3.05. The highest BCUT2D eigenvalue weighted by Gasteiger charge is 2.45. The van der Waals surface area contributed by atoms with Crippen LogP contribution >= 0.6 is 0 Å². The van der Waals surface area contributed by atoms with Crippen LogP contribution < -0.4 is 5.48 Å². The molecule has 1 aromatic rings. The third-order valence-electron chi connectivity index (χ3n) is 3.13. The molecule has 1 aliphatic carbocycles. The summed E-state index contributed by atoms with van der Waals surface area (Å²) < 4.78 is 5.27. The molecule has 0 heterocycles. The average molecular weight is 207 g/mol. The summed E-state index contributed by atoms with van der Waals surface area (Å²) in [7, 11) is 1.74. The molecule has 1 saturated carbocycles. The summed E-state index contributed by atoms with van der Waals surface area (Å²) in [5, 5.41) is 8.78. The monoisotopic (exact) mass is 207 g/mol. The number of nitrogens with one attached hydrogen (secondary N) is 1. The first-order valence-corrected chi connectivity index (χ1v) is 5.27. The number of methoxy groups -OCH3 is 1. The van der Waals surface area contributed by atoms with Gasteiger partial charge in [0.15, 0.2) is 0 Å². The summed E-state index contributed by atoms with van der Waals surface area (Å²) in [4.78, 5) is 0. The Morgan fingerprint density at radius 2 is 2.13 bits per heavy atom. The van der Waals surface area contributed by atoms with Crippen LogP contribution in [-0.2, 0) is 16.7 Å². The molecule has 15 heavy (non-hydrogen) atoms. The molecule has 0 saturated heterocycles. The van der Waals surface area contributed by atoms with Crippen LogP contribution in [0.15, 0.2) is 24.3 Å². The molecule has 0 radical (unpaired) electrons. The molecule has 3 heteroatoms. The Balaban J connectivity index is 2.26. The van der Waals surface area contributed by atoms with Crippen LogP contribution in [0, 0.1) is 0 Å². The second kappa shape index (κ2) is 4.31. The normalized spacial score (nSPS) is 17.7. The van der Waals surface area contributed by atoms with Crippen molar-refractivity contribution in [3.8, 4) is 0 Å². The summed E-state index contributed by atoms with van der Waals surface area (Å²) in [5.41, 5.74) is 4.91. The van der Waals surface area contributed by atoms with Gasteiger partial charge in [0.2, 0.25) is 0 Å². The lowest BCUT2D eigenvalue weighted by Crippen LogP contribution is -2.18. The zero-order valence-corrected chi connectivity index (χ0v) is 8.99. The minimum Gasteiger partial charge on any atom is -0.384 e. The second-order valence-corrected chi connectivity index (χ2v) is 4.21. The van der Waals surface area contributed by atoms with E-state index >= 15 is 0 Å². The molecule has 0 aliphatic heterocycles. The topological polar surface area (TPSA) is 41.5 Å². The molecule has 0 spiro atoms. The van der Waals surface area contributed by atoms with Crippen LogP contribution in [0.5, 0.6) is 0 Å². The van der Waals surface area contributed by atoms with E-state index in [4.69, 9.17) is 9.94 Å². The van der Waals surface area contributed by atoms with E-state index in [1.54, 1.807) is 7.11 Å². The summed E-state index contributed by atoms with van der Waals surface area (Å²) in [6, 6.07) is 8.23. The van der Waals surface area contributed by atoms with E-state index in [9.17, 15) is 0 Å². The van der Waals surface area contributed by atoms with Crippen LogP contribution in [0.2, 0.25) is 0 Å². The highest BCUT2D eigenvalue weighted by atomic mass is 16.5. The molecule has 0 bridgehead atoms. The zero-order chi connectivity index (χ0) is 10.7. The highest BCUT2D eigenvalue weighted by molar-refractivity contribution is 5.38. The van der Waals surface area contributed by atoms with Crippen molar-refractivity contribution in [1.82, 2.24) is 5.48 Å². The first kappa shape index (κ1) is 10.6. The van der Waals surface area contributed by atoms with Gasteiger partial charge in [0.1, 0.15) is 0 Å². The van der Waals surface area contributed by atoms with Gasteiger partial charge in [-0.3, -0.25) is 0 Å². The molecular weight excluding hydrogens is 190 g/mol. The van der Waals surface area contributed by atoms with E-state index in [0.29, 0.717) is 6.54 Å². The molecule has 1 aliphatic rings. The van der Waals surface area contributed by atoms with Gasteiger partial charge in [-0.1, -0.05) is 24.3 Å². The van der Waals surface area contributed by atoms with Crippen molar-refractivity contribution in [2.45, 2.75) is 24.8 Å². The third-order valence-corrected chi connectivity index (χ3v) is 3.13. The van der Waals surface area contributed by atoms with Gasteiger partial charge in [-0.05, 0) is 24.0 Å². The van der Waals surface area contributed by atoms with Crippen molar-refractivity contribution in [1.29, 1.82) is 0 Å². The van der Waals surface area contributed by atoms with Crippen molar-refractivity contribution in [3.63, 3.8) is 0 Å². The summed E-state index contributed by atoms with van der Waals surface area (Å²) in [5.74, 6) is 0. The fraction of sp³-hybridized carbons (Fsp3) is 0.500. The fourth-order valence-electron chi connectivity index (χ4n) is 2.20. The summed E-state index contributed by atoms with van der Waals surface area (Å²) >= 11 is 0. The lowest BCUT2D eigenvalue weighted by atomic mass is 9.92. The molecule has 2 rings (SSSR count). The number of rotatable bonds is 5. The van der Waals surface area contributed by atoms with Gasteiger partial charge in [0, 0.05) is 19.1 Å².